The van der Waals surface area contributed by atoms with Gasteiger partial charge >= 0.3 is 0 Å². The largest absolute Gasteiger partial charge is 0.239 e. The summed E-state index contributed by atoms with van der Waals surface area (Å²) in [7, 11) is 0. The van der Waals surface area contributed by atoms with E-state index in [4.69, 9.17) is 0 Å². The first-order valence-electron chi connectivity index (χ1n) is 8.90. The molecule has 0 aliphatic heterocycles. The van der Waals surface area contributed by atoms with Crippen molar-refractivity contribution in [2.75, 3.05) is 13.1 Å². The molecule has 112 valence electrons. The van der Waals surface area contributed by atoms with E-state index in [2.05, 4.69) is 23.9 Å². The zero-order valence-electron chi connectivity index (χ0n) is 13.2. The molecule has 2 aliphatic carbocycles. The van der Waals surface area contributed by atoms with Gasteiger partial charge in [0, 0.05) is 25.2 Å². The molecule has 0 heterocycles. The molecule has 2 saturated carbocycles. The van der Waals surface area contributed by atoms with Gasteiger partial charge in [-0.1, -0.05) is 52.4 Å². The second-order valence-corrected chi connectivity index (χ2v) is 6.50. The van der Waals surface area contributed by atoms with Crippen molar-refractivity contribution in [3.8, 4) is 0 Å². The monoisotopic (exact) mass is 266 g/mol. The lowest BCUT2D eigenvalue weighted by Gasteiger charge is -2.46. The van der Waals surface area contributed by atoms with Crippen LogP contribution < -0.4 is 0 Å². The summed E-state index contributed by atoms with van der Waals surface area (Å²) in [6.45, 7) is 7.18. The quantitative estimate of drug-likeness (QED) is 0.648. The number of hydrogen-bond donors (Lipinski definition) is 0. The molecule has 2 nitrogen and oxygen atoms in total. The van der Waals surface area contributed by atoms with Crippen LogP contribution in [0.3, 0.4) is 0 Å². The smallest absolute Gasteiger partial charge is 0.0246 e. The first-order valence-corrected chi connectivity index (χ1v) is 8.90. The van der Waals surface area contributed by atoms with E-state index in [9.17, 15) is 0 Å². The molecular weight excluding hydrogens is 232 g/mol. The Hall–Kier alpha value is -0.0800. The van der Waals surface area contributed by atoms with Crippen LogP contribution in [0.4, 0.5) is 0 Å². The predicted molar refractivity (Wildman–Crippen MR) is 83.1 cm³/mol. The third-order valence-corrected chi connectivity index (χ3v) is 5.10. The van der Waals surface area contributed by atoms with E-state index in [1.54, 1.807) is 0 Å². The molecular formula is C17H34N2. The molecule has 0 aromatic rings. The van der Waals surface area contributed by atoms with Crippen LogP contribution in [-0.2, 0) is 0 Å². The summed E-state index contributed by atoms with van der Waals surface area (Å²) in [5, 5.41) is 5.55. The van der Waals surface area contributed by atoms with Gasteiger partial charge in [-0.15, -0.1) is 0 Å². The SMILES string of the molecule is CCCN(C1CCCCC1)N(CC)C1CCCCC1. The van der Waals surface area contributed by atoms with Gasteiger partial charge < -0.3 is 0 Å². The van der Waals surface area contributed by atoms with Crippen molar-refractivity contribution in [1.82, 2.24) is 10.0 Å². The van der Waals surface area contributed by atoms with E-state index in [-0.39, 0.29) is 0 Å². The fourth-order valence-corrected chi connectivity index (χ4v) is 4.16. The Morgan fingerprint density at radius 3 is 1.58 bits per heavy atom. The van der Waals surface area contributed by atoms with Gasteiger partial charge in [-0.3, -0.25) is 0 Å². The van der Waals surface area contributed by atoms with Crippen LogP contribution in [0.2, 0.25) is 0 Å². The average molecular weight is 266 g/mol. The van der Waals surface area contributed by atoms with Crippen LogP contribution in [0.1, 0.15) is 84.5 Å². The fraction of sp³-hybridized carbons (Fsp3) is 1.00. The molecule has 0 N–H and O–H groups in total. The Kier molecular flexibility index (Phi) is 6.66. The molecule has 0 saturated heterocycles. The molecule has 0 aromatic heterocycles. The van der Waals surface area contributed by atoms with Crippen molar-refractivity contribution in [1.29, 1.82) is 0 Å². The van der Waals surface area contributed by atoms with Crippen molar-refractivity contribution in [2.45, 2.75) is 96.6 Å². The summed E-state index contributed by atoms with van der Waals surface area (Å²) in [5.41, 5.74) is 0. The highest BCUT2D eigenvalue weighted by atomic mass is 15.6. The molecule has 0 bridgehead atoms. The average Bonchev–Trinajstić information content (AvgIpc) is 2.49. The van der Waals surface area contributed by atoms with Crippen molar-refractivity contribution in [3.05, 3.63) is 0 Å². The van der Waals surface area contributed by atoms with Crippen molar-refractivity contribution in [3.63, 3.8) is 0 Å². The highest BCUT2D eigenvalue weighted by molar-refractivity contribution is 4.80. The maximum absolute atomic E-state index is 2.79. The Balaban J connectivity index is 2.00. The normalized spacial score (nSPS) is 23.4. The predicted octanol–water partition coefficient (Wildman–Crippen LogP) is 4.60. The van der Waals surface area contributed by atoms with Gasteiger partial charge in [-0.25, -0.2) is 10.0 Å². The molecule has 19 heavy (non-hydrogen) atoms. The van der Waals surface area contributed by atoms with Crippen LogP contribution in [0.25, 0.3) is 0 Å². The van der Waals surface area contributed by atoms with Gasteiger partial charge in [0.05, 0.1) is 0 Å². The molecule has 0 aromatic carbocycles. The minimum Gasteiger partial charge on any atom is -0.239 e. The van der Waals surface area contributed by atoms with Gasteiger partial charge in [0.25, 0.3) is 0 Å². The van der Waals surface area contributed by atoms with E-state index in [1.807, 2.05) is 0 Å². The van der Waals surface area contributed by atoms with E-state index >= 15 is 0 Å². The molecule has 0 amide bonds. The van der Waals surface area contributed by atoms with Crippen molar-refractivity contribution >= 4 is 0 Å². The highest BCUT2D eigenvalue weighted by Crippen LogP contribution is 2.29. The Bertz CT molecular complexity index is 229. The Labute approximate surface area is 120 Å². The highest BCUT2D eigenvalue weighted by Gasteiger charge is 2.29. The second kappa shape index (κ2) is 8.26. The third kappa shape index (κ3) is 4.19. The van der Waals surface area contributed by atoms with Crippen LogP contribution >= 0.6 is 0 Å². The van der Waals surface area contributed by atoms with Gasteiger partial charge in [0.2, 0.25) is 0 Å². The topological polar surface area (TPSA) is 6.48 Å². The molecule has 0 atom stereocenters. The number of nitrogens with zero attached hydrogens (tertiary/aromatic N) is 2. The van der Waals surface area contributed by atoms with Crippen LogP contribution in [0.15, 0.2) is 0 Å². The minimum atomic E-state index is 0.840. The number of hydrogen-bond acceptors (Lipinski definition) is 2. The molecule has 0 unspecified atom stereocenters. The van der Waals surface area contributed by atoms with Crippen LogP contribution in [-0.4, -0.2) is 35.2 Å². The molecule has 2 aliphatic rings. The lowest BCUT2D eigenvalue weighted by atomic mass is 9.93. The zero-order chi connectivity index (χ0) is 13.5. The van der Waals surface area contributed by atoms with Crippen molar-refractivity contribution < 1.29 is 0 Å². The van der Waals surface area contributed by atoms with E-state index in [0.29, 0.717) is 0 Å². The summed E-state index contributed by atoms with van der Waals surface area (Å²) in [6, 6.07) is 1.68. The Morgan fingerprint density at radius 2 is 1.16 bits per heavy atom. The molecule has 0 radical (unpaired) electrons. The van der Waals surface area contributed by atoms with Crippen LogP contribution in [0.5, 0.6) is 0 Å². The van der Waals surface area contributed by atoms with Crippen LogP contribution in [0, 0.1) is 0 Å². The van der Waals surface area contributed by atoms with Gasteiger partial charge in [-0.05, 0) is 32.1 Å². The summed E-state index contributed by atoms with van der Waals surface area (Å²) in [4.78, 5) is 0. The standard InChI is InChI=1S/C17H34N2/c1-3-15-19(17-13-9-6-10-14-17)18(4-2)16-11-7-5-8-12-16/h16-17H,3-15H2,1-2H3. The summed E-state index contributed by atoms with van der Waals surface area (Å²) >= 11 is 0. The lowest BCUT2D eigenvalue weighted by molar-refractivity contribution is -0.104. The summed E-state index contributed by atoms with van der Waals surface area (Å²) in [5.74, 6) is 0. The summed E-state index contributed by atoms with van der Waals surface area (Å²) < 4.78 is 0. The zero-order valence-corrected chi connectivity index (χ0v) is 13.2. The number of hydrazine groups is 1. The fourth-order valence-electron chi connectivity index (χ4n) is 4.16. The minimum absolute atomic E-state index is 0.840. The molecule has 2 rings (SSSR count). The first kappa shape index (κ1) is 15.3. The first-order chi connectivity index (χ1) is 9.36. The third-order valence-electron chi connectivity index (χ3n) is 5.10. The van der Waals surface area contributed by atoms with Crippen molar-refractivity contribution in [2.24, 2.45) is 0 Å². The van der Waals surface area contributed by atoms with Gasteiger partial charge in [0.1, 0.15) is 0 Å². The van der Waals surface area contributed by atoms with E-state index < -0.39 is 0 Å². The number of rotatable bonds is 6. The lowest BCUT2D eigenvalue weighted by Crippen LogP contribution is -2.54. The molecule has 2 heteroatoms. The van der Waals surface area contributed by atoms with E-state index in [1.165, 1.54) is 83.7 Å². The maximum atomic E-state index is 2.79. The van der Waals surface area contributed by atoms with Gasteiger partial charge in [-0.2, -0.15) is 0 Å². The Morgan fingerprint density at radius 1 is 0.684 bits per heavy atom. The van der Waals surface area contributed by atoms with E-state index in [0.717, 1.165) is 12.1 Å². The molecule has 0 spiro atoms. The maximum Gasteiger partial charge on any atom is 0.0246 e. The summed E-state index contributed by atoms with van der Waals surface area (Å²) in [6.07, 6.45) is 15.8. The molecule has 2 fully saturated rings. The second-order valence-electron chi connectivity index (χ2n) is 6.50. The van der Waals surface area contributed by atoms with Gasteiger partial charge in [0.15, 0.2) is 0 Å².